The molecule has 4 rings (SSSR count). The molecule has 0 atom stereocenters. The summed E-state index contributed by atoms with van der Waals surface area (Å²) in [7, 11) is -3.57. The SMILES string of the molecule is Cc1noc(C)c1-c1cc(S(=O)(=O)CC2CCCC2)c2cc(N)c(=O)[nH]c2c1. The minimum absolute atomic E-state index is 0.00472. The highest BCUT2D eigenvalue weighted by molar-refractivity contribution is 7.91. The van der Waals surface area contributed by atoms with E-state index in [0.717, 1.165) is 31.2 Å². The number of aromatic nitrogens is 2. The summed E-state index contributed by atoms with van der Waals surface area (Å²) >= 11 is 0. The molecule has 0 bridgehead atoms. The summed E-state index contributed by atoms with van der Waals surface area (Å²) in [6.07, 6.45) is 4.00. The van der Waals surface area contributed by atoms with Crippen LogP contribution in [0.3, 0.4) is 0 Å². The van der Waals surface area contributed by atoms with Crippen molar-refractivity contribution in [3.8, 4) is 11.1 Å². The van der Waals surface area contributed by atoms with Gasteiger partial charge in [-0.05, 0) is 56.4 Å². The summed E-state index contributed by atoms with van der Waals surface area (Å²) in [4.78, 5) is 14.9. The lowest BCUT2D eigenvalue weighted by atomic mass is 10.0. The van der Waals surface area contributed by atoms with Crippen LogP contribution in [0.2, 0.25) is 0 Å². The second kappa shape index (κ2) is 6.77. The summed E-state index contributed by atoms with van der Waals surface area (Å²) in [5.41, 5.74) is 7.81. The van der Waals surface area contributed by atoms with Gasteiger partial charge in [0, 0.05) is 10.9 Å². The van der Waals surface area contributed by atoms with Gasteiger partial charge in [-0.2, -0.15) is 0 Å². The normalized spacial score (nSPS) is 15.5. The number of pyridine rings is 1. The number of rotatable bonds is 4. The van der Waals surface area contributed by atoms with Gasteiger partial charge in [0.2, 0.25) is 0 Å². The smallest absolute Gasteiger partial charge is 0.271 e. The van der Waals surface area contributed by atoms with Crippen LogP contribution in [-0.4, -0.2) is 24.3 Å². The molecule has 148 valence electrons. The van der Waals surface area contributed by atoms with Gasteiger partial charge >= 0.3 is 0 Å². The number of nitrogens with zero attached hydrogens (tertiary/aromatic N) is 1. The summed E-state index contributed by atoms with van der Waals surface area (Å²) in [5.74, 6) is 0.864. The van der Waals surface area contributed by atoms with Crippen LogP contribution < -0.4 is 11.3 Å². The number of fused-ring (bicyclic) bond motifs is 1. The fourth-order valence-corrected chi connectivity index (χ4v) is 6.11. The number of hydrogen-bond acceptors (Lipinski definition) is 6. The van der Waals surface area contributed by atoms with Crippen molar-refractivity contribution in [1.82, 2.24) is 10.1 Å². The van der Waals surface area contributed by atoms with E-state index in [1.54, 1.807) is 26.0 Å². The van der Waals surface area contributed by atoms with Gasteiger partial charge in [0.15, 0.2) is 9.84 Å². The van der Waals surface area contributed by atoms with Gasteiger partial charge in [0.25, 0.3) is 5.56 Å². The average molecular weight is 401 g/mol. The monoisotopic (exact) mass is 401 g/mol. The molecule has 0 unspecified atom stereocenters. The molecule has 1 aliphatic rings. The molecule has 8 heteroatoms. The maximum absolute atomic E-state index is 13.3. The van der Waals surface area contributed by atoms with E-state index in [1.165, 1.54) is 6.07 Å². The molecule has 7 nitrogen and oxygen atoms in total. The Hall–Kier alpha value is -2.61. The molecule has 0 spiro atoms. The first-order valence-corrected chi connectivity index (χ1v) is 11.0. The molecule has 1 saturated carbocycles. The van der Waals surface area contributed by atoms with E-state index in [9.17, 15) is 13.2 Å². The molecule has 0 radical (unpaired) electrons. The first-order valence-electron chi connectivity index (χ1n) is 9.39. The molecule has 1 aliphatic carbocycles. The van der Waals surface area contributed by atoms with Crippen LogP contribution >= 0.6 is 0 Å². The lowest BCUT2D eigenvalue weighted by molar-refractivity contribution is 0.393. The standard InChI is InChI=1S/C20H23N3O4S/c1-11-19(12(2)27-23-11)14-7-17-15(9-16(21)20(24)22-17)18(8-14)28(25,26)10-13-5-3-4-6-13/h7-9,13H,3-6,10,21H2,1-2H3,(H,22,24). The van der Waals surface area contributed by atoms with Crippen LogP contribution in [0, 0.1) is 19.8 Å². The third-order valence-corrected chi connectivity index (χ3v) is 7.46. The van der Waals surface area contributed by atoms with Crippen molar-refractivity contribution < 1.29 is 12.9 Å². The summed E-state index contributed by atoms with van der Waals surface area (Å²) in [6, 6.07) is 4.85. The Balaban J connectivity index is 1.97. The molecule has 0 saturated heterocycles. The highest BCUT2D eigenvalue weighted by Crippen LogP contribution is 2.35. The second-order valence-corrected chi connectivity index (χ2v) is 9.62. The molecular weight excluding hydrogens is 378 g/mol. The van der Waals surface area contributed by atoms with Gasteiger partial charge in [-0.15, -0.1) is 0 Å². The zero-order chi connectivity index (χ0) is 20.1. The number of H-pyrrole nitrogens is 1. The van der Waals surface area contributed by atoms with E-state index in [4.69, 9.17) is 10.3 Å². The Labute approximate surface area is 162 Å². The molecule has 0 aliphatic heterocycles. The number of sulfone groups is 1. The molecular formula is C20H23N3O4S. The van der Waals surface area contributed by atoms with Crippen molar-refractivity contribution in [1.29, 1.82) is 0 Å². The summed E-state index contributed by atoms with van der Waals surface area (Å²) < 4.78 is 31.9. The zero-order valence-corrected chi connectivity index (χ0v) is 16.7. The van der Waals surface area contributed by atoms with E-state index in [-0.39, 0.29) is 22.3 Å². The molecule has 3 N–H and O–H groups in total. The fraction of sp³-hybridized carbons (Fsp3) is 0.400. The molecule has 0 amide bonds. The molecule has 28 heavy (non-hydrogen) atoms. The van der Waals surface area contributed by atoms with Crippen molar-refractivity contribution in [3.63, 3.8) is 0 Å². The highest BCUT2D eigenvalue weighted by atomic mass is 32.2. The van der Waals surface area contributed by atoms with E-state index < -0.39 is 15.4 Å². The quantitative estimate of drug-likeness (QED) is 0.692. The van der Waals surface area contributed by atoms with Crippen molar-refractivity contribution in [3.05, 3.63) is 40.0 Å². The maximum atomic E-state index is 13.3. The van der Waals surface area contributed by atoms with Crippen molar-refractivity contribution >= 4 is 26.4 Å². The third-order valence-electron chi connectivity index (χ3n) is 5.54. The molecule has 2 heterocycles. The third kappa shape index (κ3) is 3.22. The van der Waals surface area contributed by atoms with Crippen LogP contribution in [0.15, 0.2) is 32.4 Å². The van der Waals surface area contributed by atoms with Crippen LogP contribution in [0.5, 0.6) is 0 Å². The topological polar surface area (TPSA) is 119 Å². The number of nitrogen functional groups attached to an aromatic ring is 1. The number of nitrogens with one attached hydrogen (secondary N) is 1. The Kier molecular flexibility index (Phi) is 4.53. The predicted molar refractivity (Wildman–Crippen MR) is 108 cm³/mol. The van der Waals surface area contributed by atoms with Gasteiger partial charge in [0.05, 0.1) is 27.5 Å². The van der Waals surface area contributed by atoms with Crippen LogP contribution in [0.1, 0.15) is 37.1 Å². The number of anilines is 1. The molecule has 1 aromatic carbocycles. The number of benzene rings is 1. The lowest BCUT2D eigenvalue weighted by Gasteiger charge is -2.14. The Morgan fingerprint density at radius 1 is 1.21 bits per heavy atom. The molecule has 3 aromatic rings. The van der Waals surface area contributed by atoms with Gasteiger partial charge in [-0.3, -0.25) is 4.79 Å². The molecule has 1 fully saturated rings. The second-order valence-electron chi connectivity index (χ2n) is 7.62. The number of aromatic amines is 1. The van der Waals surface area contributed by atoms with Crippen molar-refractivity contribution in [2.24, 2.45) is 5.92 Å². The number of nitrogens with two attached hydrogens (primary N) is 1. The van der Waals surface area contributed by atoms with Gasteiger partial charge in [-0.1, -0.05) is 18.0 Å². The van der Waals surface area contributed by atoms with Crippen LogP contribution in [0.25, 0.3) is 22.0 Å². The summed E-state index contributed by atoms with van der Waals surface area (Å²) in [5, 5.41) is 4.40. The first kappa shape index (κ1) is 18.7. The van der Waals surface area contributed by atoms with Gasteiger partial charge < -0.3 is 15.2 Å². The van der Waals surface area contributed by atoms with E-state index in [1.807, 2.05) is 0 Å². The zero-order valence-electron chi connectivity index (χ0n) is 15.9. The Bertz CT molecular complexity index is 1200. The minimum atomic E-state index is -3.57. The minimum Gasteiger partial charge on any atom is -0.394 e. The summed E-state index contributed by atoms with van der Waals surface area (Å²) in [6.45, 7) is 3.58. The van der Waals surface area contributed by atoms with Crippen molar-refractivity contribution in [2.45, 2.75) is 44.4 Å². The van der Waals surface area contributed by atoms with Crippen molar-refractivity contribution in [2.75, 3.05) is 11.5 Å². The van der Waals surface area contributed by atoms with Crippen LogP contribution in [-0.2, 0) is 9.84 Å². The first-order chi connectivity index (χ1) is 13.3. The lowest BCUT2D eigenvalue weighted by Crippen LogP contribution is -2.16. The van der Waals surface area contributed by atoms with Crippen LogP contribution in [0.4, 0.5) is 5.69 Å². The number of hydrogen-bond donors (Lipinski definition) is 2. The Morgan fingerprint density at radius 2 is 1.93 bits per heavy atom. The maximum Gasteiger partial charge on any atom is 0.271 e. The van der Waals surface area contributed by atoms with E-state index in [2.05, 4.69) is 10.1 Å². The largest absolute Gasteiger partial charge is 0.394 e. The fourth-order valence-electron chi connectivity index (χ4n) is 4.17. The van der Waals surface area contributed by atoms with Gasteiger partial charge in [-0.25, -0.2) is 8.42 Å². The predicted octanol–water partition coefficient (Wildman–Crippen LogP) is 3.35. The van der Waals surface area contributed by atoms with E-state index in [0.29, 0.717) is 27.9 Å². The van der Waals surface area contributed by atoms with E-state index >= 15 is 0 Å². The number of aryl methyl sites for hydroxylation is 2. The molecule has 2 aromatic heterocycles. The average Bonchev–Trinajstić information content (AvgIpc) is 3.24. The highest BCUT2D eigenvalue weighted by Gasteiger charge is 2.27. The van der Waals surface area contributed by atoms with Gasteiger partial charge in [0.1, 0.15) is 5.76 Å². The Morgan fingerprint density at radius 3 is 2.57 bits per heavy atom.